The average Bonchev–Trinajstić information content (AvgIpc) is 2.52. The van der Waals surface area contributed by atoms with Gasteiger partial charge in [0.05, 0.1) is 0 Å². The molecule has 0 unspecified atom stereocenters. The lowest BCUT2D eigenvalue weighted by atomic mass is 10.3. The Kier molecular flexibility index (Phi) is 5.38. The van der Waals surface area contributed by atoms with Crippen molar-refractivity contribution in [3.05, 3.63) is 84.9 Å². The van der Waals surface area contributed by atoms with Crippen LogP contribution >= 0.6 is 20.3 Å². The zero-order valence-corrected chi connectivity index (χ0v) is 13.1. The highest BCUT2D eigenvalue weighted by Crippen LogP contribution is 2.35. The summed E-state index contributed by atoms with van der Waals surface area (Å²) < 4.78 is 0. The van der Waals surface area contributed by atoms with E-state index in [1.165, 1.54) is 10.6 Å². The molecule has 0 spiro atoms. The van der Waals surface area contributed by atoms with E-state index >= 15 is 0 Å². The van der Waals surface area contributed by atoms with Crippen LogP contribution in [-0.2, 0) is 0 Å². The minimum Gasteiger partial charge on any atom is -0.507 e. The average molecular weight is 315 g/mol. The highest BCUT2D eigenvalue weighted by atomic mass is 35.5. The zero-order valence-electron chi connectivity index (χ0n) is 11.4. The summed E-state index contributed by atoms with van der Waals surface area (Å²) in [4.78, 5) is 0. The fourth-order valence-corrected chi connectivity index (χ4v) is 4.57. The maximum absolute atomic E-state index is 10.2. The quantitative estimate of drug-likeness (QED) is 0.733. The van der Waals surface area contributed by atoms with Gasteiger partial charge in [-0.15, -0.1) is 12.4 Å². The Labute approximate surface area is 132 Å². The van der Waals surface area contributed by atoms with Crippen LogP contribution in [0, 0.1) is 0 Å². The van der Waals surface area contributed by atoms with Gasteiger partial charge in [0.1, 0.15) is 5.75 Å². The normalized spacial score (nSPS) is 10.1. The third-order valence-electron chi connectivity index (χ3n) is 3.15. The van der Waals surface area contributed by atoms with Crippen molar-refractivity contribution >= 4 is 36.2 Å². The van der Waals surface area contributed by atoms with Gasteiger partial charge in [-0.2, -0.15) is 0 Å². The number of hydrogen-bond donors (Lipinski definition) is 1. The van der Waals surface area contributed by atoms with Crippen molar-refractivity contribution in [3.63, 3.8) is 0 Å². The van der Waals surface area contributed by atoms with Crippen molar-refractivity contribution < 1.29 is 5.11 Å². The van der Waals surface area contributed by atoms with Crippen molar-refractivity contribution in [1.29, 1.82) is 0 Å². The van der Waals surface area contributed by atoms with E-state index in [0.29, 0.717) is 5.75 Å². The van der Waals surface area contributed by atoms with Crippen LogP contribution in [0.4, 0.5) is 0 Å². The highest BCUT2D eigenvalue weighted by Gasteiger charge is 2.18. The first-order chi connectivity index (χ1) is 9.86. The van der Waals surface area contributed by atoms with Gasteiger partial charge in [0, 0.05) is 5.30 Å². The van der Waals surface area contributed by atoms with E-state index in [2.05, 4.69) is 24.3 Å². The highest BCUT2D eigenvalue weighted by molar-refractivity contribution is 7.80. The second-order valence-corrected chi connectivity index (χ2v) is 6.68. The fraction of sp³-hybridized carbons (Fsp3) is 0. The first kappa shape index (κ1) is 15.6. The van der Waals surface area contributed by atoms with Crippen LogP contribution < -0.4 is 15.9 Å². The third kappa shape index (κ3) is 3.44. The number of hydrogen-bond acceptors (Lipinski definition) is 1. The number of aromatic hydroxyl groups is 1. The van der Waals surface area contributed by atoms with Crippen molar-refractivity contribution in [2.24, 2.45) is 0 Å². The number of halogens is 1. The number of benzene rings is 3. The maximum Gasteiger partial charge on any atom is 0.123 e. The second-order valence-electron chi connectivity index (χ2n) is 4.50. The molecular weight excluding hydrogens is 299 g/mol. The Bertz CT molecular complexity index is 646. The summed E-state index contributed by atoms with van der Waals surface area (Å²) in [6.45, 7) is 0. The number of phenolic OH excluding ortho intramolecular Hbond substituents is 1. The van der Waals surface area contributed by atoms with Gasteiger partial charge in [0.2, 0.25) is 0 Å². The van der Waals surface area contributed by atoms with E-state index in [-0.39, 0.29) is 12.4 Å². The molecule has 0 fully saturated rings. The number of rotatable bonds is 3. The molecule has 3 heteroatoms. The minimum atomic E-state index is -0.717. The largest absolute Gasteiger partial charge is 0.507 e. The molecule has 3 aromatic rings. The first-order valence-electron chi connectivity index (χ1n) is 6.54. The molecule has 0 aliphatic rings. The van der Waals surface area contributed by atoms with E-state index in [4.69, 9.17) is 0 Å². The minimum absolute atomic E-state index is 0. The molecule has 0 amide bonds. The molecule has 0 bridgehead atoms. The SMILES string of the molecule is Cl.Oc1ccccc1P(c1ccccc1)c1ccccc1. The van der Waals surface area contributed by atoms with Gasteiger partial charge in [-0.3, -0.25) is 0 Å². The molecular formula is C18H16ClOP. The van der Waals surface area contributed by atoms with Crippen molar-refractivity contribution in [2.45, 2.75) is 0 Å². The van der Waals surface area contributed by atoms with Crippen LogP contribution in [-0.4, -0.2) is 5.11 Å². The van der Waals surface area contributed by atoms with Crippen molar-refractivity contribution in [2.75, 3.05) is 0 Å². The number of phenols is 1. The fourth-order valence-electron chi connectivity index (χ4n) is 2.23. The molecule has 3 rings (SSSR count). The summed E-state index contributed by atoms with van der Waals surface area (Å²) in [6.07, 6.45) is 0. The van der Waals surface area contributed by atoms with Gasteiger partial charge >= 0.3 is 0 Å². The lowest BCUT2D eigenvalue weighted by molar-refractivity contribution is 0.480. The van der Waals surface area contributed by atoms with Crippen LogP contribution in [0.3, 0.4) is 0 Å². The summed E-state index contributed by atoms with van der Waals surface area (Å²) in [7, 11) is -0.717. The van der Waals surface area contributed by atoms with Gasteiger partial charge < -0.3 is 5.11 Å². The van der Waals surface area contributed by atoms with Crippen LogP contribution in [0.2, 0.25) is 0 Å². The van der Waals surface area contributed by atoms with E-state index in [9.17, 15) is 5.11 Å². The lowest BCUT2D eigenvalue weighted by Crippen LogP contribution is -2.20. The molecule has 0 saturated heterocycles. The van der Waals surface area contributed by atoms with Gasteiger partial charge in [-0.05, 0) is 24.6 Å². The van der Waals surface area contributed by atoms with Crippen LogP contribution in [0.25, 0.3) is 0 Å². The van der Waals surface area contributed by atoms with Gasteiger partial charge in [0.25, 0.3) is 0 Å². The van der Waals surface area contributed by atoms with Crippen LogP contribution in [0.1, 0.15) is 0 Å². The Morgan fingerprint density at radius 2 is 1.00 bits per heavy atom. The standard InChI is InChI=1S/C18H15OP.ClH/c19-17-13-7-8-14-18(17)20(15-9-3-1-4-10-15)16-11-5-2-6-12-16;/h1-14,19H;1H. The van der Waals surface area contributed by atoms with Crippen LogP contribution in [0.15, 0.2) is 84.9 Å². The van der Waals surface area contributed by atoms with E-state index < -0.39 is 7.92 Å². The first-order valence-corrected chi connectivity index (χ1v) is 7.88. The van der Waals surface area contributed by atoms with E-state index in [0.717, 1.165) is 5.30 Å². The van der Waals surface area contributed by atoms with Crippen molar-refractivity contribution in [1.82, 2.24) is 0 Å². The molecule has 0 atom stereocenters. The molecule has 0 radical (unpaired) electrons. The predicted molar refractivity (Wildman–Crippen MR) is 94.1 cm³/mol. The maximum atomic E-state index is 10.2. The summed E-state index contributed by atoms with van der Waals surface area (Å²) >= 11 is 0. The summed E-state index contributed by atoms with van der Waals surface area (Å²) in [5, 5.41) is 13.7. The molecule has 106 valence electrons. The zero-order chi connectivity index (χ0) is 13.8. The summed E-state index contributed by atoms with van der Waals surface area (Å²) in [5.41, 5.74) is 0. The Balaban J connectivity index is 0.00000161. The third-order valence-corrected chi connectivity index (χ3v) is 5.64. The molecule has 21 heavy (non-hydrogen) atoms. The molecule has 1 nitrogen and oxygen atoms in total. The number of para-hydroxylation sites is 1. The molecule has 0 heterocycles. The molecule has 0 aromatic heterocycles. The summed E-state index contributed by atoms with van der Waals surface area (Å²) in [6, 6.07) is 28.4. The van der Waals surface area contributed by atoms with Crippen molar-refractivity contribution in [3.8, 4) is 5.75 Å². The topological polar surface area (TPSA) is 20.2 Å². The molecule has 1 N–H and O–H groups in total. The Hall–Kier alpha value is -1.82. The predicted octanol–water partition coefficient (Wildman–Crippen LogP) is 3.57. The van der Waals surface area contributed by atoms with Gasteiger partial charge in [-0.1, -0.05) is 78.9 Å². The van der Waals surface area contributed by atoms with Gasteiger partial charge in [-0.25, -0.2) is 0 Å². The smallest absolute Gasteiger partial charge is 0.123 e. The van der Waals surface area contributed by atoms with Gasteiger partial charge in [0.15, 0.2) is 0 Å². The van der Waals surface area contributed by atoms with E-state index in [1.807, 2.05) is 54.6 Å². The Morgan fingerprint density at radius 1 is 0.571 bits per heavy atom. The Morgan fingerprint density at radius 3 is 1.48 bits per heavy atom. The second kappa shape index (κ2) is 7.26. The summed E-state index contributed by atoms with van der Waals surface area (Å²) in [5.74, 6) is 0.367. The lowest BCUT2D eigenvalue weighted by Gasteiger charge is -2.20. The monoisotopic (exact) mass is 314 g/mol. The molecule has 0 aliphatic carbocycles. The van der Waals surface area contributed by atoms with E-state index in [1.54, 1.807) is 6.07 Å². The molecule has 0 saturated carbocycles. The molecule has 3 aromatic carbocycles. The van der Waals surface area contributed by atoms with Crippen LogP contribution in [0.5, 0.6) is 5.75 Å². The molecule has 0 aliphatic heterocycles.